The quantitative estimate of drug-likeness (QED) is 0.115. The van der Waals surface area contributed by atoms with Gasteiger partial charge in [0.1, 0.15) is 0 Å². The number of amides is 1. The van der Waals surface area contributed by atoms with E-state index in [2.05, 4.69) is 32.2 Å². The van der Waals surface area contributed by atoms with E-state index in [1.807, 2.05) is 59.0 Å². The van der Waals surface area contributed by atoms with Crippen molar-refractivity contribution in [2.75, 3.05) is 51.8 Å². The molecule has 1 aromatic rings. The first-order valence-corrected chi connectivity index (χ1v) is 16.5. The van der Waals surface area contributed by atoms with Gasteiger partial charge in [0.2, 0.25) is 0 Å². The summed E-state index contributed by atoms with van der Waals surface area (Å²) >= 11 is 0. The van der Waals surface area contributed by atoms with Crippen LogP contribution in [0.3, 0.4) is 0 Å². The van der Waals surface area contributed by atoms with E-state index in [9.17, 15) is 18.4 Å². The normalized spacial score (nSPS) is 19.2. The van der Waals surface area contributed by atoms with Gasteiger partial charge < -0.3 is 14.5 Å². The number of nitrogens with zero attached hydrogens (tertiary/aromatic N) is 3. The Morgan fingerprint density at radius 2 is 1.93 bits per heavy atom. The van der Waals surface area contributed by atoms with Crippen molar-refractivity contribution in [3.05, 3.63) is 78.4 Å². The van der Waals surface area contributed by atoms with Crippen LogP contribution in [0.5, 0.6) is 0 Å². The number of likely N-dealkylation sites (tertiary alicyclic amines) is 2. The van der Waals surface area contributed by atoms with Crippen molar-refractivity contribution < 1.29 is 23.1 Å². The van der Waals surface area contributed by atoms with Crippen molar-refractivity contribution in [1.82, 2.24) is 9.80 Å². The predicted octanol–water partition coefficient (Wildman–Crippen LogP) is 7.47. The largest absolute Gasteiger partial charge is 0.465 e. The lowest BCUT2D eigenvalue weighted by Crippen LogP contribution is -2.52. The Morgan fingerprint density at radius 1 is 1.20 bits per heavy atom. The van der Waals surface area contributed by atoms with E-state index >= 15 is 0 Å². The lowest BCUT2D eigenvalue weighted by atomic mass is 9.87. The Labute approximate surface area is 269 Å². The predicted molar refractivity (Wildman–Crippen MR) is 180 cm³/mol. The Morgan fingerprint density at radius 3 is 2.53 bits per heavy atom. The summed E-state index contributed by atoms with van der Waals surface area (Å²) in [6.07, 6.45) is 15.4. The maximum Gasteiger partial charge on any atom is 0.337 e. The third-order valence-electron chi connectivity index (χ3n) is 9.13. The molecule has 45 heavy (non-hydrogen) atoms. The molecule has 2 saturated heterocycles. The van der Waals surface area contributed by atoms with Crippen molar-refractivity contribution in [3.63, 3.8) is 0 Å². The fourth-order valence-corrected chi connectivity index (χ4v) is 6.60. The maximum absolute atomic E-state index is 14.3. The number of carbonyl (C=O) groups is 2. The molecule has 2 unspecified atom stereocenters. The van der Waals surface area contributed by atoms with Crippen molar-refractivity contribution in [3.8, 4) is 0 Å². The number of unbranched alkanes of at least 4 members (excludes halogenated alkanes) is 1. The molecule has 248 valence electrons. The second kappa shape index (κ2) is 17.4. The van der Waals surface area contributed by atoms with Crippen LogP contribution in [0.15, 0.2) is 67.3 Å². The molecule has 0 bridgehead atoms. The van der Waals surface area contributed by atoms with Crippen molar-refractivity contribution >= 4 is 17.6 Å². The molecule has 2 atom stereocenters. The summed E-state index contributed by atoms with van der Waals surface area (Å²) in [7, 11) is 3.33. The number of methoxy groups -OCH3 is 1. The van der Waals surface area contributed by atoms with Crippen molar-refractivity contribution in [2.45, 2.75) is 77.2 Å². The first kappa shape index (κ1) is 36.2. The first-order chi connectivity index (χ1) is 21.6. The number of hydrogen-bond donors (Lipinski definition) is 0. The van der Waals surface area contributed by atoms with E-state index in [-0.39, 0.29) is 36.8 Å². The van der Waals surface area contributed by atoms with Crippen LogP contribution in [0.4, 0.5) is 14.5 Å². The number of halogens is 2. The van der Waals surface area contributed by atoms with Gasteiger partial charge in [0, 0.05) is 56.3 Å². The van der Waals surface area contributed by atoms with Crippen LogP contribution < -0.4 is 4.90 Å². The number of likely N-dealkylation sites (N-methyl/N-ethyl adjacent to an activating group) is 1. The number of alkyl halides is 2. The van der Waals surface area contributed by atoms with Gasteiger partial charge in [-0.3, -0.25) is 9.69 Å². The van der Waals surface area contributed by atoms with Gasteiger partial charge in [0.25, 0.3) is 11.8 Å². The molecule has 2 aliphatic rings. The molecule has 0 N–H and O–H groups in total. The third-order valence-corrected chi connectivity index (χ3v) is 9.13. The van der Waals surface area contributed by atoms with Crippen LogP contribution in [0.1, 0.15) is 74.7 Å². The second-order valence-corrected chi connectivity index (χ2v) is 12.5. The number of esters is 1. The van der Waals surface area contributed by atoms with Gasteiger partial charge in [-0.15, -0.1) is 13.2 Å². The molecule has 1 amide bonds. The lowest BCUT2D eigenvalue weighted by molar-refractivity contribution is -0.129. The summed E-state index contributed by atoms with van der Waals surface area (Å²) in [5.74, 6) is -3.08. The number of hydrogen-bond acceptors (Lipinski definition) is 5. The molecule has 1 aromatic carbocycles. The van der Waals surface area contributed by atoms with E-state index in [1.54, 1.807) is 6.07 Å². The average Bonchev–Trinajstić information content (AvgIpc) is 3.04. The van der Waals surface area contributed by atoms with Gasteiger partial charge in [0.15, 0.2) is 0 Å². The van der Waals surface area contributed by atoms with Gasteiger partial charge in [-0.2, -0.15) is 0 Å². The topological polar surface area (TPSA) is 53.1 Å². The number of anilines is 1. The van der Waals surface area contributed by atoms with Gasteiger partial charge in [-0.1, -0.05) is 49.8 Å². The van der Waals surface area contributed by atoms with Crippen molar-refractivity contribution in [2.24, 2.45) is 11.8 Å². The Hall–Kier alpha value is -3.26. The van der Waals surface area contributed by atoms with Gasteiger partial charge >= 0.3 is 5.97 Å². The number of allylic oxidation sites excluding steroid dienone is 5. The highest BCUT2D eigenvalue weighted by atomic mass is 19.3. The number of aryl methyl sites for hydroxylation is 1. The molecule has 2 fully saturated rings. The number of piperidine rings is 2. The van der Waals surface area contributed by atoms with Crippen LogP contribution in [0.2, 0.25) is 0 Å². The van der Waals surface area contributed by atoms with E-state index < -0.39 is 11.9 Å². The van der Waals surface area contributed by atoms with E-state index in [0.717, 1.165) is 36.9 Å². The second-order valence-electron chi connectivity index (χ2n) is 12.5. The zero-order valence-corrected chi connectivity index (χ0v) is 27.8. The minimum atomic E-state index is -2.64. The summed E-state index contributed by atoms with van der Waals surface area (Å²) in [6.45, 7) is 14.0. The maximum atomic E-state index is 14.3. The van der Waals surface area contributed by atoms with Crippen LogP contribution in [-0.4, -0.2) is 80.5 Å². The van der Waals surface area contributed by atoms with E-state index in [1.165, 1.54) is 7.11 Å². The molecule has 2 aliphatic heterocycles. The number of carbonyl (C=O) groups excluding carboxylic acids is 2. The molecule has 6 nitrogen and oxygen atoms in total. The molecule has 0 saturated carbocycles. The Bertz CT molecular complexity index is 1220. The molecular weight excluding hydrogens is 572 g/mol. The molecule has 8 heteroatoms. The first-order valence-electron chi connectivity index (χ1n) is 16.5. The Balaban J connectivity index is 1.93. The number of benzene rings is 1. The minimum Gasteiger partial charge on any atom is -0.465 e. The molecular formula is C37H53F2N3O3. The Kier molecular flexibility index (Phi) is 14.0. The highest BCUT2D eigenvalue weighted by Gasteiger charge is 2.39. The molecule has 0 aliphatic carbocycles. The summed E-state index contributed by atoms with van der Waals surface area (Å²) in [6, 6.07) is 5.69. The van der Waals surface area contributed by atoms with Crippen molar-refractivity contribution in [1.29, 1.82) is 0 Å². The zero-order valence-electron chi connectivity index (χ0n) is 27.8. The standard InChI is InChI=1S/C37H53F2N3O3/c1-7-11-15-29-16-17-31(36(44)45-6)25-34(29)40(5)26-32(24-30(14-9-3)28(10-4)13-8-2)35(43)41-22-18-33(19-23-41)42-21-12-20-37(38,39)27-42/h8-10,14,16-17,24-25,28,30,33H,2,4,7,11-13,15,18-23,26-27H2,1,3,5-6H3/b14-9-,32-24+. The highest BCUT2D eigenvalue weighted by Crippen LogP contribution is 2.31. The fourth-order valence-electron chi connectivity index (χ4n) is 6.60. The van der Waals surface area contributed by atoms with Crippen LogP contribution in [0.25, 0.3) is 0 Å². The summed E-state index contributed by atoms with van der Waals surface area (Å²) in [5.41, 5.74) is 3.12. The molecule has 0 aromatic heterocycles. The molecule has 2 heterocycles. The highest BCUT2D eigenvalue weighted by molar-refractivity contribution is 5.95. The van der Waals surface area contributed by atoms with Gasteiger partial charge in [0.05, 0.1) is 19.2 Å². The van der Waals surface area contributed by atoms with Gasteiger partial charge in [-0.25, -0.2) is 13.6 Å². The van der Waals surface area contributed by atoms with E-state index in [4.69, 9.17) is 4.74 Å². The summed E-state index contributed by atoms with van der Waals surface area (Å²) < 4.78 is 33.3. The number of ether oxygens (including phenoxy) is 1. The zero-order chi connectivity index (χ0) is 33.0. The molecule has 3 rings (SSSR count). The van der Waals surface area contributed by atoms with Gasteiger partial charge in [-0.05, 0) is 75.6 Å². The fraction of sp³-hybridized carbons (Fsp3) is 0.568. The summed E-state index contributed by atoms with van der Waals surface area (Å²) in [4.78, 5) is 32.6. The van der Waals surface area contributed by atoms with Crippen LogP contribution in [-0.2, 0) is 16.0 Å². The molecule has 0 radical (unpaired) electrons. The lowest BCUT2D eigenvalue weighted by Gasteiger charge is -2.42. The smallest absolute Gasteiger partial charge is 0.337 e. The summed E-state index contributed by atoms with van der Waals surface area (Å²) in [5, 5.41) is 0. The molecule has 0 spiro atoms. The van der Waals surface area contributed by atoms with E-state index in [0.29, 0.717) is 56.6 Å². The average molecular weight is 626 g/mol. The number of rotatable bonds is 15. The third kappa shape index (κ3) is 10.1. The van der Waals surface area contributed by atoms with Crippen LogP contribution in [0, 0.1) is 11.8 Å². The SMILES string of the molecule is C=CCC(C=C)C(/C=C\C)/C=C(\CN(C)c1cc(C(=O)OC)ccc1CCCC)C(=O)N1CCC(N2CCCC(F)(F)C2)CC1. The van der Waals surface area contributed by atoms with Crippen LogP contribution >= 0.6 is 0 Å². The minimum absolute atomic E-state index is 0.0422. The monoisotopic (exact) mass is 625 g/mol.